The van der Waals surface area contributed by atoms with Gasteiger partial charge in [0.2, 0.25) is 0 Å². The van der Waals surface area contributed by atoms with E-state index in [1.165, 1.54) is 15.9 Å². The number of fused-ring (bicyclic) bond motifs is 1. The number of nitrogens with one attached hydrogen (secondary N) is 1. The van der Waals surface area contributed by atoms with E-state index in [0.717, 1.165) is 35.8 Å². The van der Waals surface area contributed by atoms with Crippen LogP contribution in [0, 0.1) is 6.92 Å². The first-order valence-electron chi connectivity index (χ1n) is 7.09. The third-order valence-corrected chi connectivity index (χ3v) is 4.51. The van der Waals surface area contributed by atoms with E-state index >= 15 is 0 Å². The first-order chi connectivity index (χ1) is 10.2. The smallest absolute Gasteiger partial charge is 0.194 e. The highest BCUT2D eigenvalue weighted by atomic mass is 32.1. The number of hydrogen-bond donors (Lipinski definition) is 2. The minimum absolute atomic E-state index is 0.654. The summed E-state index contributed by atoms with van der Waals surface area (Å²) >= 11 is 1.75. The van der Waals surface area contributed by atoms with Crippen LogP contribution in [-0.4, -0.2) is 23.8 Å². The topological polar surface area (TPSA) is 63.8 Å². The first-order valence-corrected chi connectivity index (χ1v) is 7.97. The quantitative estimate of drug-likeness (QED) is 0.827. The van der Waals surface area contributed by atoms with Crippen molar-refractivity contribution in [2.75, 3.05) is 11.9 Å². The van der Waals surface area contributed by atoms with Gasteiger partial charge in [0.1, 0.15) is 11.6 Å². The van der Waals surface area contributed by atoms with Crippen molar-refractivity contribution >= 4 is 35.5 Å². The Labute approximate surface area is 129 Å². The highest BCUT2D eigenvalue weighted by molar-refractivity contribution is 7.09. The van der Waals surface area contributed by atoms with E-state index in [1.54, 1.807) is 11.3 Å². The number of thiophene rings is 1. The molecule has 3 heterocycles. The maximum absolute atomic E-state index is 5.69. The standard InChI is InChI=1S/C15H18BN4S/c1-9-12(5-6-17)16-13-14(9)19-10(2)20-15(13)18-8-11-4-3-7-21-11/h3-4,7H,5-6,8,17H2,1-2H3,(H,18,19,20). The van der Waals surface area contributed by atoms with Crippen LogP contribution in [0.15, 0.2) is 23.0 Å². The Morgan fingerprint density at radius 1 is 1.33 bits per heavy atom. The molecule has 1 aliphatic rings. The number of nitrogens with zero attached hydrogens (tertiary/aromatic N) is 2. The van der Waals surface area contributed by atoms with E-state index in [1.807, 2.05) is 6.92 Å². The Kier molecular flexibility index (Phi) is 4.08. The number of aryl methyl sites for hydroxylation is 1. The summed E-state index contributed by atoms with van der Waals surface area (Å²) in [4.78, 5) is 10.5. The maximum atomic E-state index is 5.69. The summed E-state index contributed by atoms with van der Waals surface area (Å²) in [5.41, 5.74) is 10.3. The molecule has 0 unspecified atom stereocenters. The molecule has 107 valence electrons. The molecule has 0 aromatic carbocycles. The summed E-state index contributed by atoms with van der Waals surface area (Å²) in [7, 11) is 2.17. The second kappa shape index (κ2) is 5.99. The fourth-order valence-electron chi connectivity index (χ4n) is 2.57. The van der Waals surface area contributed by atoms with E-state index < -0.39 is 0 Å². The SMILES string of the molecule is CC1=C(CCN)[B]c2c(NCc3cccs3)nc(C)nc21. The average molecular weight is 297 g/mol. The van der Waals surface area contributed by atoms with Gasteiger partial charge in [-0.05, 0) is 49.3 Å². The number of nitrogens with two attached hydrogens (primary N) is 1. The van der Waals surface area contributed by atoms with Crippen LogP contribution < -0.4 is 16.5 Å². The number of rotatable bonds is 5. The van der Waals surface area contributed by atoms with Gasteiger partial charge in [0, 0.05) is 4.88 Å². The molecule has 0 fully saturated rings. The molecule has 3 N–H and O–H groups in total. The van der Waals surface area contributed by atoms with Crippen molar-refractivity contribution in [3.63, 3.8) is 0 Å². The Bertz CT molecular complexity index is 679. The molecule has 0 spiro atoms. The van der Waals surface area contributed by atoms with Gasteiger partial charge in [0.05, 0.1) is 12.2 Å². The van der Waals surface area contributed by atoms with Crippen molar-refractivity contribution in [3.8, 4) is 0 Å². The van der Waals surface area contributed by atoms with Crippen LogP contribution in [0.25, 0.3) is 5.57 Å². The summed E-state index contributed by atoms with van der Waals surface area (Å²) in [5, 5.41) is 5.53. The van der Waals surface area contributed by atoms with Gasteiger partial charge in [-0.2, -0.15) is 0 Å². The normalized spacial score (nSPS) is 13.3. The van der Waals surface area contributed by atoms with Gasteiger partial charge >= 0.3 is 0 Å². The number of anilines is 1. The van der Waals surface area contributed by atoms with Crippen LogP contribution in [0.2, 0.25) is 0 Å². The monoisotopic (exact) mass is 297 g/mol. The Balaban J connectivity index is 1.87. The van der Waals surface area contributed by atoms with E-state index in [-0.39, 0.29) is 0 Å². The third kappa shape index (κ3) is 2.87. The number of allylic oxidation sites excluding steroid dienone is 1. The van der Waals surface area contributed by atoms with E-state index in [9.17, 15) is 0 Å². The lowest BCUT2D eigenvalue weighted by atomic mass is 9.65. The van der Waals surface area contributed by atoms with Crippen molar-refractivity contribution in [2.24, 2.45) is 5.73 Å². The first kappa shape index (κ1) is 14.3. The lowest BCUT2D eigenvalue weighted by Gasteiger charge is -2.11. The molecule has 4 nitrogen and oxygen atoms in total. The molecule has 3 rings (SSSR count). The largest absolute Gasteiger partial charge is 0.366 e. The zero-order valence-corrected chi connectivity index (χ0v) is 13.1. The van der Waals surface area contributed by atoms with Gasteiger partial charge in [-0.1, -0.05) is 11.5 Å². The highest BCUT2D eigenvalue weighted by Crippen LogP contribution is 2.25. The fourth-order valence-corrected chi connectivity index (χ4v) is 3.22. The lowest BCUT2D eigenvalue weighted by molar-refractivity contribution is 0.991. The minimum Gasteiger partial charge on any atom is -0.366 e. The van der Waals surface area contributed by atoms with Gasteiger partial charge in [-0.15, -0.1) is 11.3 Å². The van der Waals surface area contributed by atoms with E-state index in [0.29, 0.717) is 6.54 Å². The van der Waals surface area contributed by atoms with Crippen molar-refractivity contribution in [2.45, 2.75) is 26.8 Å². The predicted molar refractivity (Wildman–Crippen MR) is 90.1 cm³/mol. The second-order valence-corrected chi connectivity index (χ2v) is 6.18. The van der Waals surface area contributed by atoms with E-state index in [2.05, 4.69) is 47.0 Å². The van der Waals surface area contributed by atoms with Crippen molar-refractivity contribution in [1.29, 1.82) is 0 Å². The molecule has 0 aliphatic carbocycles. The van der Waals surface area contributed by atoms with Crippen LogP contribution in [0.5, 0.6) is 0 Å². The summed E-state index contributed by atoms with van der Waals surface area (Å²) in [5.74, 6) is 1.71. The Morgan fingerprint density at radius 2 is 2.19 bits per heavy atom. The second-order valence-electron chi connectivity index (χ2n) is 5.15. The fraction of sp³-hybridized carbons (Fsp3) is 0.333. The lowest BCUT2D eigenvalue weighted by Crippen LogP contribution is -2.23. The molecular weight excluding hydrogens is 279 g/mol. The van der Waals surface area contributed by atoms with Gasteiger partial charge in [0.15, 0.2) is 7.28 Å². The van der Waals surface area contributed by atoms with Crippen LogP contribution in [0.3, 0.4) is 0 Å². The zero-order valence-electron chi connectivity index (χ0n) is 12.3. The molecule has 6 heteroatoms. The molecule has 0 atom stereocenters. The van der Waals surface area contributed by atoms with Crippen LogP contribution in [0.4, 0.5) is 5.82 Å². The summed E-state index contributed by atoms with van der Waals surface area (Å²) in [6.07, 6.45) is 0.881. The van der Waals surface area contributed by atoms with Crippen molar-refractivity contribution < 1.29 is 0 Å². The number of aromatic nitrogens is 2. The third-order valence-electron chi connectivity index (χ3n) is 3.64. The number of hydrogen-bond acceptors (Lipinski definition) is 5. The molecular formula is C15H18BN4S. The Hall–Kier alpha value is -1.66. The molecule has 2 aromatic heterocycles. The van der Waals surface area contributed by atoms with Crippen LogP contribution in [0.1, 0.15) is 29.7 Å². The molecule has 1 aliphatic heterocycles. The average Bonchev–Trinajstić information content (AvgIpc) is 3.07. The van der Waals surface area contributed by atoms with Gasteiger partial charge in [-0.3, -0.25) is 0 Å². The molecule has 0 saturated carbocycles. The molecule has 0 saturated heterocycles. The predicted octanol–water partition coefficient (Wildman–Crippen LogP) is 1.88. The van der Waals surface area contributed by atoms with Crippen molar-refractivity contribution in [3.05, 3.63) is 39.4 Å². The zero-order chi connectivity index (χ0) is 14.8. The molecule has 0 amide bonds. The summed E-state index contributed by atoms with van der Waals surface area (Å²) in [6.45, 7) is 5.49. The summed E-state index contributed by atoms with van der Waals surface area (Å²) < 4.78 is 0. The minimum atomic E-state index is 0.654. The maximum Gasteiger partial charge on any atom is 0.194 e. The Morgan fingerprint density at radius 3 is 2.90 bits per heavy atom. The van der Waals surface area contributed by atoms with E-state index in [4.69, 9.17) is 5.73 Å². The van der Waals surface area contributed by atoms with Gasteiger partial charge in [0.25, 0.3) is 0 Å². The molecule has 21 heavy (non-hydrogen) atoms. The molecule has 0 bridgehead atoms. The van der Waals surface area contributed by atoms with Crippen molar-refractivity contribution in [1.82, 2.24) is 9.97 Å². The van der Waals surface area contributed by atoms with Crippen LogP contribution >= 0.6 is 11.3 Å². The van der Waals surface area contributed by atoms with Gasteiger partial charge < -0.3 is 11.1 Å². The molecule has 2 aromatic rings. The highest BCUT2D eigenvalue weighted by Gasteiger charge is 2.24. The van der Waals surface area contributed by atoms with Gasteiger partial charge in [-0.25, -0.2) is 9.97 Å². The van der Waals surface area contributed by atoms with Crippen LogP contribution in [-0.2, 0) is 6.54 Å². The molecule has 1 radical (unpaired) electrons. The summed E-state index contributed by atoms with van der Waals surface area (Å²) in [6, 6.07) is 4.19.